The van der Waals surface area contributed by atoms with E-state index in [1.165, 1.54) is 38.5 Å². The number of unbranched alkanes of at least 4 members (excludes halogenated alkanes) is 7. The standard InChI is InChI=1S/C23H34O4/c1-2-3-4-5-6-7-8-12-16-21(20-17-13-18-22(24)26-20)27-23(25)19-14-10-9-11-15-19/h9-11,14-15,20-21H,2-8,12-13,16-18H2,1H3/t20-,21+/m1/s1. The molecule has 0 unspecified atom stereocenters. The average molecular weight is 375 g/mol. The van der Waals surface area contributed by atoms with E-state index in [4.69, 9.17) is 9.47 Å². The van der Waals surface area contributed by atoms with Crippen molar-refractivity contribution in [1.29, 1.82) is 0 Å². The first-order valence-corrected chi connectivity index (χ1v) is 10.7. The third-order valence-electron chi connectivity index (χ3n) is 5.18. The molecule has 4 nitrogen and oxygen atoms in total. The summed E-state index contributed by atoms with van der Waals surface area (Å²) in [6, 6.07) is 9.03. The molecule has 4 heteroatoms. The Labute approximate surface area is 163 Å². The average Bonchev–Trinajstić information content (AvgIpc) is 2.69. The first-order valence-electron chi connectivity index (χ1n) is 10.7. The van der Waals surface area contributed by atoms with Gasteiger partial charge >= 0.3 is 11.9 Å². The fourth-order valence-electron chi connectivity index (χ4n) is 3.58. The second-order valence-corrected chi connectivity index (χ2v) is 7.49. The van der Waals surface area contributed by atoms with Crippen LogP contribution in [-0.4, -0.2) is 24.1 Å². The van der Waals surface area contributed by atoms with Gasteiger partial charge in [0.15, 0.2) is 0 Å². The second-order valence-electron chi connectivity index (χ2n) is 7.49. The molecule has 0 saturated carbocycles. The Morgan fingerprint density at radius 3 is 2.41 bits per heavy atom. The van der Waals surface area contributed by atoms with Gasteiger partial charge in [-0.25, -0.2) is 4.79 Å². The number of carbonyl (C=O) groups excluding carboxylic acids is 2. The highest BCUT2D eigenvalue weighted by Crippen LogP contribution is 2.24. The van der Waals surface area contributed by atoms with Gasteiger partial charge in [-0.2, -0.15) is 0 Å². The zero-order chi connectivity index (χ0) is 19.3. The Morgan fingerprint density at radius 1 is 1.07 bits per heavy atom. The van der Waals surface area contributed by atoms with Crippen LogP contribution in [0, 0.1) is 0 Å². The Balaban J connectivity index is 1.80. The van der Waals surface area contributed by atoms with Gasteiger partial charge in [0.2, 0.25) is 0 Å². The van der Waals surface area contributed by atoms with E-state index in [9.17, 15) is 9.59 Å². The van der Waals surface area contributed by atoms with Crippen molar-refractivity contribution in [2.45, 2.75) is 96.2 Å². The molecule has 0 amide bonds. The summed E-state index contributed by atoms with van der Waals surface area (Å²) in [4.78, 5) is 24.1. The first-order chi connectivity index (χ1) is 13.2. The monoisotopic (exact) mass is 374 g/mol. The number of esters is 2. The van der Waals surface area contributed by atoms with Crippen molar-refractivity contribution in [3.63, 3.8) is 0 Å². The van der Waals surface area contributed by atoms with E-state index in [0.717, 1.165) is 32.1 Å². The maximum Gasteiger partial charge on any atom is 0.338 e. The molecule has 1 heterocycles. The number of hydrogen-bond donors (Lipinski definition) is 0. The smallest absolute Gasteiger partial charge is 0.338 e. The molecule has 27 heavy (non-hydrogen) atoms. The summed E-state index contributed by atoms with van der Waals surface area (Å²) >= 11 is 0. The van der Waals surface area contributed by atoms with Crippen molar-refractivity contribution in [1.82, 2.24) is 0 Å². The van der Waals surface area contributed by atoms with Crippen molar-refractivity contribution in [3.8, 4) is 0 Å². The molecule has 0 aliphatic carbocycles. The molecular formula is C23H34O4. The molecule has 1 aliphatic rings. The zero-order valence-electron chi connectivity index (χ0n) is 16.7. The van der Waals surface area contributed by atoms with Crippen LogP contribution >= 0.6 is 0 Å². The van der Waals surface area contributed by atoms with Crippen LogP contribution in [0.2, 0.25) is 0 Å². The summed E-state index contributed by atoms with van der Waals surface area (Å²) in [5, 5.41) is 0. The van der Waals surface area contributed by atoms with Crippen molar-refractivity contribution in [2.24, 2.45) is 0 Å². The van der Waals surface area contributed by atoms with Crippen LogP contribution in [0.15, 0.2) is 30.3 Å². The lowest BCUT2D eigenvalue weighted by Gasteiger charge is -2.29. The molecule has 1 fully saturated rings. The summed E-state index contributed by atoms with van der Waals surface area (Å²) in [7, 11) is 0. The number of cyclic esters (lactones) is 1. The van der Waals surface area contributed by atoms with Crippen molar-refractivity contribution in [2.75, 3.05) is 0 Å². The predicted molar refractivity (Wildman–Crippen MR) is 107 cm³/mol. The van der Waals surface area contributed by atoms with E-state index in [1.807, 2.05) is 18.2 Å². The van der Waals surface area contributed by atoms with E-state index < -0.39 is 0 Å². The molecule has 2 rings (SSSR count). The minimum atomic E-state index is -0.345. The van der Waals surface area contributed by atoms with Crippen LogP contribution in [0.4, 0.5) is 0 Å². The van der Waals surface area contributed by atoms with Gasteiger partial charge < -0.3 is 9.47 Å². The third-order valence-corrected chi connectivity index (χ3v) is 5.18. The van der Waals surface area contributed by atoms with E-state index in [1.54, 1.807) is 12.1 Å². The Bertz CT molecular complexity index is 555. The van der Waals surface area contributed by atoms with Crippen LogP contribution < -0.4 is 0 Å². The van der Waals surface area contributed by atoms with Gasteiger partial charge in [0.05, 0.1) is 5.56 Å². The lowest BCUT2D eigenvalue weighted by molar-refractivity contribution is -0.161. The van der Waals surface area contributed by atoms with Gasteiger partial charge in [-0.15, -0.1) is 0 Å². The normalized spacial score (nSPS) is 18.0. The van der Waals surface area contributed by atoms with Crippen LogP contribution in [0.1, 0.15) is 94.3 Å². The summed E-state index contributed by atoms with van der Waals surface area (Å²) < 4.78 is 11.3. The molecule has 2 atom stereocenters. The van der Waals surface area contributed by atoms with Gasteiger partial charge in [0.1, 0.15) is 12.2 Å². The summed E-state index contributed by atoms with van der Waals surface area (Å²) in [6.45, 7) is 2.23. The van der Waals surface area contributed by atoms with E-state index in [0.29, 0.717) is 12.0 Å². The highest BCUT2D eigenvalue weighted by atomic mass is 16.6. The van der Waals surface area contributed by atoms with E-state index in [2.05, 4.69) is 6.92 Å². The molecule has 0 radical (unpaired) electrons. The topological polar surface area (TPSA) is 52.6 Å². The molecule has 150 valence electrons. The summed E-state index contributed by atoms with van der Waals surface area (Å²) in [5.74, 6) is -0.510. The Hall–Kier alpha value is -1.84. The largest absolute Gasteiger partial charge is 0.458 e. The van der Waals surface area contributed by atoms with Gasteiger partial charge in [-0.1, -0.05) is 70.1 Å². The highest BCUT2D eigenvalue weighted by Gasteiger charge is 2.31. The minimum absolute atomic E-state index is 0.178. The lowest BCUT2D eigenvalue weighted by Crippen LogP contribution is -2.37. The molecule has 1 aromatic rings. The first kappa shape index (κ1) is 21.5. The van der Waals surface area contributed by atoms with Crippen LogP contribution in [-0.2, 0) is 14.3 Å². The number of ether oxygens (including phenoxy) is 2. The summed E-state index contributed by atoms with van der Waals surface area (Å²) in [6.07, 6.45) is 12.0. The number of hydrogen-bond acceptors (Lipinski definition) is 4. The molecule has 1 saturated heterocycles. The lowest BCUT2D eigenvalue weighted by atomic mass is 9.98. The van der Waals surface area contributed by atoms with Crippen molar-refractivity contribution >= 4 is 11.9 Å². The van der Waals surface area contributed by atoms with Gasteiger partial charge in [-0.05, 0) is 37.8 Å². The molecule has 1 aliphatic heterocycles. The van der Waals surface area contributed by atoms with Gasteiger partial charge in [0, 0.05) is 6.42 Å². The Kier molecular flexibility index (Phi) is 9.96. The van der Waals surface area contributed by atoms with Gasteiger partial charge in [-0.3, -0.25) is 4.79 Å². The minimum Gasteiger partial charge on any atom is -0.458 e. The molecule has 0 spiro atoms. The Morgan fingerprint density at radius 2 is 1.74 bits per heavy atom. The quantitative estimate of drug-likeness (QED) is 0.341. The van der Waals surface area contributed by atoms with E-state index in [-0.39, 0.29) is 24.1 Å². The molecule has 1 aromatic carbocycles. The summed E-state index contributed by atoms with van der Waals surface area (Å²) in [5.41, 5.74) is 0.542. The molecule has 0 N–H and O–H groups in total. The van der Waals surface area contributed by atoms with E-state index >= 15 is 0 Å². The molecule has 0 aromatic heterocycles. The highest BCUT2D eigenvalue weighted by molar-refractivity contribution is 5.89. The number of carbonyl (C=O) groups is 2. The maximum atomic E-state index is 12.5. The number of rotatable bonds is 12. The van der Waals surface area contributed by atoms with Crippen LogP contribution in [0.5, 0.6) is 0 Å². The zero-order valence-corrected chi connectivity index (χ0v) is 16.7. The van der Waals surface area contributed by atoms with Crippen molar-refractivity contribution in [3.05, 3.63) is 35.9 Å². The molecular weight excluding hydrogens is 340 g/mol. The third kappa shape index (κ3) is 8.15. The van der Waals surface area contributed by atoms with Crippen LogP contribution in [0.25, 0.3) is 0 Å². The van der Waals surface area contributed by atoms with Gasteiger partial charge in [0.25, 0.3) is 0 Å². The van der Waals surface area contributed by atoms with Crippen molar-refractivity contribution < 1.29 is 19.1 Å². The van der Waals surface area contributed by atoms with Crippen LogP contribution in [0.3, 0.4) is 0 Å². The number of benzene rings is 1. The fraction of sp³-hybridized carbons (Fsp3) is 0.652. The maximum absolute atomic E-state index is 12.5. The predicted octanol–water partition coefficient (Wildman–Crippen LogP) is 5.84. The fourth-order valence-corrected chi connectivity index (χ4v) is 3.58. The second kappa shape index (κ2) is 12.5. The SMILES string of the molecule is CCCCCCCCCC[C@H](OC(=O)c1ccccc1)[C@H]1CCCC(=O)O1. The molecule has 0 bridgehead atoms.